The van der Waals surface area contributed by atoms with Crippen molar-refractivity contribution in [1.82, 2.24) is 0 Å². The highest BCUT2D eigenvalue weighted by Crippen LogP contribution is 2.41. The maximum Gasteiger partial charge on any atom is 0.352 e. The van der Waals surface area contributed by atoms with Gasteiger partial charge in [-0.25, -0.2) is 4.39 Å². The van der Waals surface area contributed by atoms with Crippen LogP contribution in [-0.4, -0.2) is 9.96 Å². The van der Waals surface area contributed by atoms with E-state index in [9.17, 15) is 13.2 Å². The molecule has 0 saturated heterocycles. The lowest BCUT2D eigenvalue weighted by Gasteiger charge is -2.18. The summed E-state index contributed by atoms with van der Waals surface area (Å²) in [5, 5.41) is -3.20. The molecule has 0 aliphatic heterocycles. The summed E-state index contributed by atoms with van der Waals surface area (Å²) < 4.78 is 35.9. The van der Waals surface area contributed by atoms with Crippen LogP contribution in [-0.2, 0) is 0 Å². The minimum Gasteiger partial charge on any atom is -0.214 e. The van der Waals surface area contributed by atoms with Crippen molar-refractivity contribution in [3.63, 3.8) is 0 Å². The Balaban J connectivity index is 4.32. The Hall–Kier alpha value is 0.300. The summed E-state index contributed by atoms with van der Waals surface area (Å²) in [6.07, 6.45) is 0.323. The maximum atomic E-state index is 12.2. The van der Waals surface area contributed by atoms with Crippen LogP contribution >= 0.6 is 27.5 Å². The fourth-order valence-electron chi connectivity index (χ4n) is 0.116. The largest absolute Gasteiger partial charge is 0.352 e. The lowest BCUT2D eigenvalue weighted by atomic mass is 10.4. The van der Waals surface area contributed by atoms with Gasteiger partial charge in [0, 0.05) is 0 Å². The first-order chi connectivity index (χ1) is 3.81. The van der Waals surface area contributed by atoms with Crippen LogP contribution in [0, 0.1) is 0 Å². The lowest BCUT2D eigenvalue weighted by molar-refractivity contribution is 0.0220. The average Bonchev–Trinajstić information content (AvgIpc) is 1.64. The molecule has 0 aromatic carbocycles. The van der Waals surface area contributed by atoms with Gasteiger partial charge in [-0.2, -0.15) is 8.78 Å². The second-order valence-corrected chi connectivity index (χ2v) is 2.87. The third-order valence-electron chi connectivity index (χ3n) is 0.634. The third-order valence-corrected chi connectivity index (χ3v) is 1.83. The SMILES string of the molecule is C=C[C@@](F)(Cl)C(F)(F)Br. The Morgan fingerprint density at radius 3 is 1.78 bits per heavy atom. The van der Waals surface area contributed by atoms with Gasteiger partial charge in [-0.05, 0) is 22.0 Å². The highest BCUT2D eigenvalue weighted by Gasteiger charge is 2.49. The van der Waals surface area contributed by atoms with Crippen LogP contribution < -0.4 is 0 Å². The summed E-state index contributed by atoms with van der Waals surface area (Å²) in [7, 11) is 0. The van der Waals surface area contributed by atoms with Crippen molar-refractivity contribution in [2.45, 2.75) is 9.96 Å². The van der Waals surface area contributed by atoms with Crippen LogP contribution in [0.1, 0.15) is 0 Å². The monoisotopic (exact) mass is 222 g/mol. The standard InChI is InChI=1S/C4H3BrClF3/c1-2-3(6,7)4(5,8)9/h2H,1H2/t3-/m0/s1. The molecule has 0 nitrogen and oxygen atoms in total. The molecular formula is C4H3BrClF3. The Kier molecular flexibility index (Phi) is 2.58. The van der Waals surface area contributed by atoms with E-state index >= 15 is 0 Å². The van der Waals surface area contributed by atoms with Gasteiger partial charge in [0.15, 0.2) is 0 Å². The van der Waals surface area contributed by atoms with Gasteiger partial charge in [-0.3, -0.25) is 0 Å². The molecule has 0 N–H and O–H groups in total. The Labute approximate surface area is 63.8 Å². The van der Waals surface area contributed by atoms with Gasteiger partial charge in [-0.15, -0.1) is 0 Å². The van der Waals surface area contributed by atoms with Crippen molar-refractivity contribution in [2.24, 2.45) is 0 Å². The molecule has 0 aliphatic rings. The number of rotatable bonds is 2. The van der Waals surface area contributed by atoms with E-state index in [1.807, 2.05) is 0 Å². The smallest absolute Gasteiger partial charge is 0.214 e. The van der Waals surface area contributed by atoms with Crippen molar-refractivity contribution >= 4 is 27.5 Å². The first kappa shape index (κ1) is 9.30. The zero-order valence-electron chi connectivity index (χ0n) is 4.17. The van der Waals surface area contributed by atoms with Crippen LogP contribution in [0.15, 0.2) is 12.7 Å². The van der Waals surface area contributed by atoms with Gasteiger partial charge in [0.05, 0.1) is 0 Å². The number of hydrogen-bond donors (Lipinski definition) is 0. The Morgan fingerprint density at radius 2 is 1.78 bits per heavy atom. The van der Waals surface area contributed by atoms with Crippen LogP contribution in [0.5, 0.6) is 0 Å². The Morgan fingerprint density at radius 1 is 1.44 bits per heavy atom. The van der Waals surface area contributed by atoms with Crippen LogP contribution in [0.4, 0.5) is 13.2 Å². The second-order valence-electron chi connectivity index (χ2n) is 1.32. The predicted octanol–water partition coefficient (Wildman–Crippen LogP) is 3.06. The van der Waals surface area contributed by atoms with Crippen molar-refractivity contribution in [2.75, 3.05) is 0 Å². The number of halogens is 5. The molecule has 5 heteroatoms. The zero-order chi connectivity index (χ0) is 7.71. The summed E-state index contributed by atoms with van der Waals surface area (Å²) in [6.45, 7) is 2.78. The third kappa shape index (κ3) is 2.18. The molecule has 0 saturated carbocycles. The van der Waals surface area contributed by atoms with E-state index in [4.69, 9.17) is 0 Å². The highest BCUT2D eigenvalue weighted by atomic mass is 79.9. The molecule has 0 aromatic heterocycles. The molecule has 0 amide bonds. The molecule has 1 atom stereocenters. The second kappa shape index (κ2) is 2.50. The molecule has 0 aliphatic carbocycles. The van der Waals surface area contributed by atoms with E-state index in [0.29, 0.717) is 6.08 Å². The molecule has 0 rings (SSSR count). The molecule has 0 bridgehead atoms. The van der Waals surface area contributed by atoms with E-state index in [-0.39, 0.29) is 0 Å². The van der Waals surface area contributed by atoms with Gasteiger partial charge < -0.3 is 0 Å². The van der Waals surface area contributed by atoms with Crippen molar-refractivity contribution < 1.29 is 13.2 Å². The zero-order valence-corrected chi connectivity index (χ0v) is 6.52. The summed E-state index contributed by atoms with van der Waals surface area (Å²) in [4.78, 5) is -3.76. The minimum atomic E-state index is -3.76. The van der Waals surface area contributed by atoms with Crippen LogP contribution in [0.2, 0.25) is 0 Å². The van der Waals surface area contributed by atoms with Crippen molar-refractivity contribution in [3.05, 3.63) is 12.7 Å². The highest BCUT2D eigenvalue weighted by molar-refractivity contribution is 9.10. The summed E-state index contributed by atoms with van der Waals surface area (Å²) >= 11 is 6.36. The van der Waals surface area contributed by atoms with E-state index < -0.39 is 9.96 Å². The molecule has 0 spiro atoms. The van der Waals surface area contributed by atoms with Crippen molar-refractivity contribution in [3.8, 4) is 0 Å². The fraction of sp³-hybridized carbons (Fsp3) is 0.500. The van der Waals surface area contributed by atoms with E-state index in [1.165, 1.54) is 0 Å². The first-order valence-electron chi connectivity index (χ1n) is 1.89. The normalized spacial score (nSPS) is 18.8. The summed E-state index contributed by atoms with van der Waals surface area (Å²) in [6, 6.07) is 0. The average molecular weight is 223 g/mol. The molecule has 0 heterocycles. The first-order valence-corrected chi connectivity index (χ1v) is 3.06. The lowest BCUT2D eigenvalue weighted by Crippen LogP contribution is -2.30. The molecule has 9 heavy (non-hydrogen) atoms. The van der Waals surface area contributed by atoms with Gasteiger partial charge >= 0.3 is 4.83 Å². The fourth-order valence-corrected chi connectivity index (χ4v) is 0.278. The number of alkyl halides is 5. The topological polar surface area (TPSA) is 0 Å². The van der Waals surface area contributed by atoms with E-state index in [2.05, 4.69) is 18.2 Å². The summed E-state index contributed by atoms with van der Waals surface area (Å²) in [5.74, 6) is 0. The van der Waals surface area contributed by atoms with Crippen molar-refractivity contribution in [1.29, 1.82) is 0 Å². The Bertz CT molecular complexity index is 117. The van der Waals surface area contributed by atoms with Gasteiger partial charge in [0.25, 0.3) is 5.13 Å². The molecule has 0 fully saturated rings. The van der Waals surface area contributed by atoms with E-state index in [0.717, 1.165) is 0 Å². The predicted molar refractivity (Wildman–Crippen MR) is 33.8 cm³/mol. The van der Waals surface area contributed by atoms with Gasteiger partial charge in [0.1, 0.15) is 0 Å². The number of hydrogen-bond acceptors (Lipinski definition) is 0. The maximum absolute atomic E-state index is 12.2. The molecule has 0 unspecified atom stereocenters. The molecule has 54 valence electrons. The van der Waals surface area contributed by atoms with Gasteiger partial charge in [-0.1, -0.05) is 18.2 Å². The van der Waals surface area contributed by atoms with E-state index in [1.54, 1.807) is 15.9 Å². The number of allylic oxidation sites excluding steroid dienone is 1. The molecule has 0 aromatic rings. The molecular weight excluding hydrogens is 220 g/mol. The quantitative estimate of drug-likeness (QED) is 0.498. The minimum absolute atomic E-state index is 0.323. The van der Waals surface area contributed by atoms with Crippen LogP contribution in [0.3, 0.4) is 0 Å². The van der Waals surface area contributed by atoms with Gasteiger partial charge in [0.2, 0.25) is 0 Å². The molecule has 0 radical (unpaired) electrons. The summed E-state index contributed by atoms with van der Waals surface area (Å²) in [5.41, 5.74) is 0. The van der Waals surface area contributed by atoms with Crippen LogP contribution in [0.25, 0.3) is 0 Å².